The average Bonchev–Trinajstić information content (AvgIpc) is 3.50. The van der Waals surface area contributed by atoms with Crippen molar-refractivity contribution >= 4 is 67.6 Å². The van der Waals surface area contributed by atoms with E-state index in [2.05, 4.69) is 61.5 Å². The molecule has 0 radical (unpaired) electrons. The van der Waals surface area contributed by atoms with E-state index < -0.39 is 0 Å². The van der Waals surface area contributed by atoms with Crippen molar-refractivity contribution in [2.24, 2.45) is 0 Å². The molecule has 0 spiro atoms. The van der Waals surface area contributed by atoms with Crippen LogP contribution in [0, 0.1) is 0 Å². The summed E-state index contributed by atoms with van der Waals surface area (Å²) < 4.78 is 3.23. The summed E-state index contributed by atoms with van der Waals surface area (Å²) in [4.78, 5) is 26.5. The molecule has 0 bridgehead atoms. The highest BCUT2D eigenvalue weighted by atomic mass is 79.9. The third-order valence-corrected chi connectivity index (χ3v) is 7.68. The van der Waals surface area contributed by atoms with Crippen molar-refractivity contribution in [1.29, 1.82) is 0 Å². The molecule has 30 heavy (non-hydrogen) atoms. The van der Waals surface area contributed by atoms with Crippen LogP contribution in [0.3, 0.4) is 0 Å². The van der Waals surface area contributed by atoms with Crippen molar-refractivity contribution < 1.29 is 9.59 Å². The summed E-state index contributed by atoms with van der Waals surface area (Å²) in [6.45, 7) is 0. The van der Waals surface area contributed by atoms with Gasteiger partial charge >= 0.3 is 0 Å². The molecule has 4 aromatic rings. The summed E-state index contributed by atoms with van der Waals surface area (Å²) in [6, 6.07) is 18.5. The first-order chi connectivity index (χ1) is 14.6. The van der Waals surface area contributed by atoms with Gasteiger partial charge in [-0.05, 0) is 71.1 Å². The summed E-state index contributed by atoms with van der Waals surface area (Å²) in [7, 11) is 0. The minimum Gasteiger partial charge on any atom is -0.307 e. The molecule has 148 valence electrons. The lowest BCUT2D eigenvalue weighted by Crippen LogP contribution is -2.17. The zero-order chi connectivity index (χ0) is 20.7. The van der Waals surface area contributed by atoms with E-state index >= 15 is 0 Å². The molecular weight excluding hydrogens is 500 g/mol. The van der Waals surface area contributed by atoms with Gasteiger partial charge in [0.05, 0.1) is 26.0 Å². The van der Waals surface area contributed by atoms with Crippen LogP contribution in [0.25, 0.3) is 32.9 Å². The van der Waals surface area contributed by atoms with Gasteiger partial charge in [-0.1, -0.05) is 28.1 Å². The average molecular weight is 513 g/mol. The molecule has 2 amide bonds. The van der Waals surface area contributed by atoms with Crippen molar-refractivity contribution in [3.05, 3.63) is 80.3 Å². The zero-order valence-electron chi connectivity index (χ0n) is 15.3. The molecule has 8 heteroatoms. The second kappa shape index (κ2) is 8.03. The Labute approximate surface area is 193 Å². The molecule has 0 saturated carbocycles. The summed E-state index contributed by atoms with van der Waals surface area (Å²) in [5, 5.41) is 6.09. The van der Waals surface area contributed by atoms with E-state index in [4.69, 9.17) is 0 Å². The van der Waals surface area contributed by atoms with E-state index in [1.54, 1.807) is 22.7 Å². The van der Waals surface area contributed by atoms with Crippen LogP contribution in [-0.4, -0.2) is 15.7 Å². The Morgan fingerprint density at radius 2 is 1.63 bits per heavy atom. The Kier molecular flexibility index (Phi) is 5.24. The lowest BCUT2D eigenvalue weighted by atomic mass is 10.2. The highest BCUT2D eigenvalue weighted by Gasteiger charge is 2.27. The topological polar surface area (TPSA) is 51.1 Å². The monoisotopic (exact) mass is 512 g/mol. The molecule has 1 aliphatic rings. The maximum Gasteiger partial charge on any atom is 0.290 e. The number of nitrogens with zero attached hydrogens (tertiary/aromatic N) is 1. The highest BCUT2D eigenvalue weighted by Crippen LogP contribution is 2.41. The van der Waals surface area contributed by atoms with Gasteiger partial charge in [-0.15, -0.1) is 22.7 Å². The van der Waals surface area contributed by atoms with Crippen LogP contribution in [0.5, 0.6) is 0 Å². The molecule has 1 saturated heterocycles. The van der Waals surface area contributed by atoms with Gasteiger partial charge in [0.25, 0.3) is 11.1 Å². The van der Waals surface area contributed by atoms with E-state index in [9.17, 15) is 9.59 Å². The predicted octanol–water partition coefficient (Wildman–Crippen LogP) is 7.02. The summed E-state index contributed by atoms with van der Waals surface area (Å²) in [5.74, 6) is -0.351. The van der Waals surface area contributed by atoms with E-state index in [-0.39, 0.29) is 11.1 Å². The maximum atomic E-state index is 12.2. The first-order valence-electron chi connectivity index (χ1n) is 8.94. The molecule has 0 aliphatic carbocycles. The number of carbonyl (C=O) groups is 2. The van der Waals surface area contributed by atoms with E-state index in [1.807, 2.05) is 35.7 Å². The first-order valence-corrected chi connectivity index (χ1v) is 12.3. The second-order valence-electron chi connectivity index (χ2n) is 6.45. The molecule has 3 aromatic heterocycles. The highest BCUT2D eigenvalue weighted by molar-refractivity contribution is 9.10. The van der Waals surface area contributed by atoms with Crippen molar-refractivity contribution in [3.8, 4) is 26.8 Å². The van der Waals surface area contributed by atoms with Gasteiger partial charge in [0, 0.05) is 15.7 Å². The van der Waals surface area contributed by atoms with Crippen molar-refractivity contribution in [2.75, 3.05) is 0 Å². The third-order valence-electron chi connectivity index (χ3n) is 4.57. The van der Waals surface area contributed by atoms with Crippen LogP contribution in [-0.2, 0) is 4.79 Å². The van der Waals surface area contributed by atoms with E-state index in [0.29, 0.717) is 4.91 Å². The van der Waals surface area contributed by atoms with Gasteiger partial charge in [-0.3, -0.25) is 14.9 Å². The lowest BCUT2D eigenvalue weighted by Gasteiger charge is -2.13. The Morgan fingerprint density at radius 1 is 0.933 bits per heavy atom. The Balaban J connectivity index is 1.80. The zero-order valence-corrected chi connectivity index (χ0v) is 19.3. The van der Waals surface area contributed by atoms with Crippen LogP contribution in [0.1, 0.15) is 5.56 Å². The van der Waals surface area contributed by atoms with Gasteiger partial charge in [0.2, 0.25) is 0 Å². The van der Waals surface area contributed by atoms with Gasteiger partial charge in [-0.25, -0.2) is 0 Å². The molecule has 4 nitrogen and oxygen atoms in total. The Bertz CT molecular complexity index is 1270. The van der Waals surface area contributed by atoms with Crippen LogP contribution in [0.4, 0.5) is 4.79 Å². The van der Waals surface area contributed by atoms with Crippen molar-refractivity contribution in [2.45, 2.75) is 0 Å². The lowest BCUT2D eigenvalue weighted by molar-refractivity contribution is -0.115. The number of halogens is 1. The largest absolute Gasteiger partial charge is 0.307 e. The minimum atomic E-state index is -0.351. The van der Waals surface area contributed by atoms with E-state index in [0.717, 1.165) is 48.6 Å². The van der Waals surface area contributed by atoms with Crippen LogP contribution in [0.2, 0.25) is 0 Å². The molecule has 4 heterocycles. The molecule has 1 aliphatic heterocycles. The number of amides is 2. The number of benzene rings is 1. The number of aromatic nitrogens is 1. The van der Waals surface area contributed by atoms with Gasteiger partial charge in [0.1, 0.15) is 0 Å². The fourth-order valence-electron chi connectivity index (χ4n) is 3.33. The fraction of sp³-hybridized carbons (Fsp3) is 0. The van der Waals surface area contributed by atoms with Gasteiger partial charge < -0.3 is 4.57 Å². The molecular formula is C22H13BrN2O2S3. The van der Waals surface area contributed by atoms with Crippen LogP contribution in [0.15, 0.2) is 74.7 Å². The quantitative estimate of drug-likeness (QED) is 0.299. The molecule has 5 rings (SSSR count). The van der Waals surface area contributed by atoms with Gasteiger partial charge in [0.15, 0.2) is 0 Å². The SMILES string of the molecule is O=C1NC(=O)/C(=C/c2cc(-c3cccs3)n(-c3ccc(Br)cc3)c2-c2cccs2)S1. The summed E-state index contributed by atoms with van der Waals surface area (Å²) in [6.07, 6.45) is 1.81. The maximum absolute atomic E-state index is 12.2. The van der Waals surface area contributed by atoms with Crippen LogP contribution >= 0.6 is 50.4 Å². The Hall–Kier alpha value is -2.39. The molecule has 1 aromatic carbocycles. The van der Waals surface area contributed by atoms with Crippen LogP contribution < -0.4 is 5.32 Å². The fourth-order valence-corrected chi connectivity index (χ4v) is 5.78. The molecule has 1 N–H and O–H groups in total. The smallest absolute Gasteiger partial charge is 0.290 e. The number of thiophene rings is 2. The number of carbonyl (C=O) groups excluding carboxylic acids is 2. The minimum absolute atomic E-state index is 0.338. The number of imide groups is 1. The first kappa shape index (κ1) is 19.6. The number of hydrogen-bond acceptors (Lipinski definition) is 5. The number of hydrogen-bond donors (Lipinski definition) is 1. The molecule has 1 fully saturated rings. The standard InChI is InChI=1S/C22H13BrN2O2S3/c23-14-5-7-15(8-6-14)25-16(17-3-1-9-28-17)11-13(20(25)18-4-2-10-29-18)12-19-21(26)24-22(27)30-19/h1-12H,(H,24,26,27)/b19-12-. The molecule has 0 unspecified atom stereocenters. The number of thioether (sulfide) groups is 1. The normalized spacial score (nSPS) is 15.2. The Morgan fingerprint density at radius 3 is 2.23 bits per heavy atom. The van der Waals surface area contributed by atoms with E-state index in [1.165, 1.54) is 0 Å². The van der Waals surface area contributed by atoms with Crippen molar-refractivity contribution in [1.82, 2.24) is 9.88 Å². The third kappa shape index (κ3) is 3.60. The molecule has 0 atom stereocenters. The number of nitrogens with one attached hydrogen (secondary N) is 1. The summed E-state index contributed by atoms with van der Waals surface area (Å²) in [5.41, 5.74) is 3.96. The van der Waals surface area contributed by atoms with Crippen molar-refractivity contribution in [3.63, 3.8) is 0 Å². The summed E-state index contributed by atoms with van der Waals surface area (Å²) >= 11 is 7.76. The predicted molar refractivity (Wildman–Crippen MR) is 129 cm³/mol. The number of rotatable bonds is 4. The van der Waals surface area contributed by atoms with Gasteiger partial charge in [-0.2, -0.15) is 0 Å². The second-order valence-corrected chi connectivity index (χ2v) is 10.3.